The summed E-state index contributed by atoms with van der Waals surface area (Å²) in [5.41, 5.74) is 29.4. The van der Waals surface area contributed by atoms with Crippen molar-refractivity contribution in [2.75, 3.05) is 4.90 Å². The van der Waals surface area contributed by atoms with Crippen LogP contribution in [0, 0.1) is 0 Å². The largest absolute Gasteiger partial charge is 0.310 e. The summed E-state index contributed by atoms with van der Waals surface area (Å²) in [6.45, 7) is 9.63. The molecule has 3 aliphatic carbocycles. The Balaban J connectivity index is 0.926. The number of anilines is 3. The maximum Gasteiger partial charge on any atom is 0.0543 e. The van der Waals surface area contributed by atoms with Crippen LogP contribution in [0.5, 0.6) is 0 Å². The van der Waals surface area contributed by atoms with Gasteiger partial charge in [0.05, 0.1) is 5.69 Å². The molecule has 14 rings (SSSR count). The molecule has 11 aromatic rings. The fourth-order valence-corrected chi connectivity index (χ4v) is 13.1. The summed E-state index contributed by atoms with van der Waals surface area (Å²) in [4.78, 5) is 2.59. The number of nitrogens with zero attached hydrogens (tertiary/aromatic N) is 1. The number of rotatable bonds is 5. The van der Waals surface area contributed by atoms with Crippen LogP contribution in [0.4, 0.5) is 17.1 Å². The second-order valence-corrected chi connectivity index (χ2v) is 21.6. The van der Waals surface area contributed by atoms with E-state index in [9.17, 15) is 0 Å². The average molecular weight is 934 g/mol. The van der Waals surface area contributed by atoms with E-state index in [-0.39, 0.29) is 10.8 Å². The predicted molar refractivity (Wildman–Crippen MR) is 308 cm³/mol. The van der Waals surface area contributed by atoms with E-state index >= 15 is 0 Å². The van der Waals surface area contributed by atoms with Crippen molar-refractivity contribution in [3.63, 3.8) is 0 Å². The van der Waals surface area contributed by atoms with Gasteiger partial charge in [-0.15, -0.1) is 0 Å². The van der Waals surface area contributed by atoms with Gasteiger partial charge < -0.3 is 4.90 Å². The summed E-state index contributed by atoms with van der Waals surface area (Å²) in [5.74, 6) is 0. The van der Waals surface area contributed by atoms with Crippen molar-refractivity contribution in [2.45, 2.75) is 51.4 Å². The molecule has 0 spiro atoms. The zero-order chi connectivity index (χ0) is 49.0. The molecular weight excluding hydrogens is 879 g/mol. The van der Waals surface area contributed by atoms with Crippen molar-refractivity contribution in [1.29, 1.82) is 0 Å². The molecule has 0 aliphatic heterocycles. The van der Waals surface area contributed by atoms with Crippen LogP contribution in [-0.4, -0.2) is 0 Å². The molecule has 0 amide bonds. The van der Waals surface area contributed by atoms with Crippen LogP contribution in [0.15, 0.2) is 237 Å². The Hall–Kier alpha value is -8.52. The lowest BCUT2D eigenvalue weighted by Crippen LogP contribution is -2.18. The van der Waals surface area contributed by atoms with Crippen molar-refractivity contribution in [3.05, 3.63) is 281 Å². The average Bonchev–Trinajstić information content (AvgIpc) is 3.80. The minimum atomic E-state index is -0.252. The van der Waals surface area contributed by atoms with Gasteiger partial charge in [0.25, 0.3) is 0 Å². The van der Waals surface area contributed by atoms with E-state index < -0.39 is 0 Å². The topological polar surface area (TPSA) is 3.24 Å². The lowest BCUT2D eigenvalue weighted by atomic mass is 9.81. The summed E-state index contributed by atoms with van der Waals surface area (Å²) >= 11 is 0. The molecule has 348 valence electrons. The van der Waals surface area contributed by atoms with E-state index in [1.807, 2.05) is 0 Å². The van der Waals surface area contributed by atoms with Crippen LogP contribution in [-0.2, 0) is 23.7 Å². The van der Waals surface area contributed by atoms with Gasteiger partial charge in [0.2, 0.25) is 0 Å². The van der Waals surface area contributed by atoms with Gasteiger partial charge in [-0.1, -0.05) is 228 Å². The van der Waals surface area contributed by atoms with Gasteiger partial charge in [0.15, 0.2) is 0 Å². The minimum Gasteiger partial charge on any atom is -0.310 e. The fraction of sp³-hybridized carbons (Fsp3) is 0.111. The molecule has 73 heavy (non-hydrogen) atoms. The lowest BCUT2D eigenvalue weighted by molar-refractivity contribution is 0.660. The van der Waals surface area contributed by atoms with Crippen molar-refractivity contribution < 1.29 is 0 Å². The summed E-state index contributed by atoms with van der Waals surface area (Å²) in [7, 11) is 0. The van der Waals surface area contributed by atoms with Gasteiger partial charge in [-0.3, -0.25) is 0 Å². The molecule has 1 nitrogen and oxygen atoms in total. The lowest BCUT2D eigenvalue weighted by Gasteiger charge is -2.32. The molecule has 0 bridgehead atoms. The first-order valence-electron chi connectivity index (χ1n) is 26.0. The third-order valence-electron chi connectivity index (χ3n) is 16.8. The van der Waals surface area contributed by atoms with E-state index in [1.54, 1.807) is 0 Å². The summed E-state index contributed by atoms with van der Waals surface area (Å²) in [6.07, 6.45) is 1.64. The van der Waals surface area contributed by atoms with Crippen molar-refractivity contribution >= 4 is 27.8 Å². The normalized spacial score (nSPS) is 14.1. The summed E-state index contributed by atoms with van der Waals surface area (Å²) in [5, 5.41) is 2.55. The third-order valence-corrected chi connectivity index (χ3v) is 16.8. The molecule has 0 aromatic heterocycles. The van der Waals surface area contributed by atoms with Crippen LogP contribution in [0.25, 0.3) is 77.5 Å². The first-order valence-corrected chi connectivity index (χ1v) is 26.0. The van der Waals surface area contributed by atoms with Crippen molar-refractivity contribution in [2.24, 2.45) is 0 Å². The Morgan fingerprint density at radius 2 is 0.740 bits per heavy atom. The number of benzene rings is 11. The number of hydrogen-bond acceptors (Lipinski definition) is 1. The Bertz CT molecular complexity index is 4030. The van der Waals surface area contributed by atoms with E-state index in [2.05, 4.69) is 269 Å². The highest BCUT2D eigenvalue weighted by Gasteiger charge is 2.38. The molecule has 1 heteroatoms. The molecule has 0 fully saturated rings. The van der Waals surface area contributed by atoms with Gasteiger partial charge in [-0.2, -0.15) is 0 Å². The van der Waals surface area contributed by atoms with E-state index in [4.69, 9.17) is 0 Å². The first-order chi connectivity index (χ1) is 35.7. The monoisotopic (exact) mass is 933 g/mol. The molecule has 0 N–H and O–H groups in total. The molecule has 0 saturated heterocycles. The van der Waals surface area contributed by atoms with E-state index in [1.165, 1.54) is 128 Å². The quantitative estimate of drug-likeness (QED) is 0.166. The molecule has 0 unspecified atom stereocenters. The Morgan fingerprint density at radius 1 is 0.301 bits per heavy atom. The molecule has 0 saturated carbocycles. The fourth-order valence-electron chi connectivity index (χ4n) is 13.1. The van der Waals surface area contributed by atoms with Gasteiger partial charge >= 0.3 is 0 Å². The Morgan fingerprint density at radius 3 is 1.42 bits per heavy atom. The van der Waals surface area contributed by atoms with Crippen LogP contribution in [0.2, 0.25) is 0 Å². The highest BCUT2D eigenvalue weighted by atomic mass is 15.1. The Kier molecular flexibility index (Phi) is 9.79. The smallest absolute Gasteiger partial charge is 0.0543 e. The van der Waals surface area contributed by atoms with Crippen molar-refractivity contribution in [3.8, 4) is 66.8 Å². The molecule has 0 radical (unpaired) electrons. The standard InChI is InChI=1S/C72H55N/c1-71(2)65-29-14-13-27-61(65)63-39-36-54(44-67(63)71)73(69-30-16-22-53-42-51-19-7-11-25-59(51)58-24-10-6-18-50(58)41-52-20-8-12-26-60(52)70(53)69)55-37-40-64-62-38-35-49(43-66(62)72(3,4)68(64)45-55)46-31-33-48(34-32-46)57-28-15-21-47-17-5-9-23-56(47)57/h5-40,43-45H,41-42H2,1-4H3. The molecule has 11 aromatic carbocycles. The molecule has 0 heterocycles. The number of hydrogen-bond donors (Lipinski definition) is 0. The maximum absolute atomic E-state index is 2.59. The zero-order valence-corrected chi connectivity index (χ0v) is 41.9. The van der Waals surface area contributed by atoms with Crippen LogP contribution in [0.1, 0.15) is 72.2 Å². The molecule has 0 atom stereocenters. The van der Waals surface area contributed by atoms with Crippen molar-refractivity contribution in [1.82, 2.24) is 0 Å². The van der Waals surface area contributed by atoms with Gasteiger partial charge in [0, 0.05) is 27.8 Å². The van der Waals surface area contributed by atoms with Crippen LogP contribution >= 0.6 is 0 Å². The van der Waals surface area contributed by atoms with Gasteiger partial charge in [-0.25, -0.2) is 0 Å². The summed E-state index contributed by atoms with van der Waals surface area (Å²) < 4.78 is 0. The second-order valence-electron chi connectivity index (χ2n) is 21.6. The Labute approximate surface area is 429 Å². The highest BCUT2D eigenvalue weighted by Crippen LogP contribution is 2.55. The second kappa shape index (κ2) is 16.5. The SMILES string of the molecule is CC1(C)c2ccccc2-c2ccc(N(c3ccc4c(c3)C(C)(C)c3cc(-c5ccc(-c6cccc7ccccc67)cc5)ccc3-4)c3cccc4c3-c3ccccc3Cc3ccccc3-c3ccccc3C4)cc21. The van der Waals surface area contributed by atoms with Crippen LogP contribution < -0.4 is 4.90 Å². The minimum absolute atomic E-state index is 0.158. The van der Waals surface area contributed by atoms with E-state index in [0.717, 1.165) is 24.2 Å². The predicted octanol–water partition coefficient (Wildman–Crippen LogP) is 19.1. The number of fused-ring (bicyclic) bond motifs is 13. The molecule has 3 aliphatic rings. The maximum atomic E-state index is 2.59. The molecular formula is C72H55N. The third kappa shape index (κ3) is 6.83. The van der Waals surface area contributed by atoms with E-state index in [0.29, 0.717) is 0 Å². The van der Waals surface area contributed by atoms with Crippen LogP contribution in [0.3, 0.4) is 0 Å². The van der Waals surface area contributed by atoms with Gasteiger partial charge in [0.1, 0.15) is 0 Å². The van der Waals surface area contributed by atoms with Gasteiger partial charge in [-0.05, 0) is 166 Å². The summed E-state index contributed by atoms with van der Waals surface area (Å²) in [6, 6.07) is 89.4. The zero-order valence-electron chi connectivity index (χ0n) is 41.9. The first kappa shape index (κ1) is 43.3. The highest BCUT2D eigenvalue weighted by molar-refractivity contribution is 5.98.